The maximum absolute atomic E-state index is 12.8. The summed E-state index contributed by atoms with van der Waals surface area (Å²) in [7, 11) is 0. The Balaban J connectivity index is 1.47. The molecule has 9 heteroatoms. The van der Waals surface area contributed by atoms with Crippen LogP contribution in [-0.2, 0) is 9.59 Å². The lowest BCUT2D eigenvalue weighted by molar-refractivity contribution is -0.120. The molecular formula is C23H13Cl2IN2O4. The third-order valence-electron chi connectivity index (χ3n) is 4.53. The van der Waals surface area contributed by atoms with Crippen molar-refractivity contribution >= 4 is 75.0 Å². The predicted molar refractivity (Wildman–Crippen MR) is 131 cm³/mol. The molecule has 160 valence electrons. The van der Waals surface area contributed by atoms with Gasteiger partial charge in [-0.2, -0.15) is 0 Å². The first-order valence-corrected chi connectivity index (χ1v) is 11.1. The van der Waals surface area contributed by atoms with E-state index in [1.165, 1.54) is 12.1 Å². The van der Waals surface area contributed by atoms with Crippen molar-refractivity contribution in [1.82, 2.24) is 0 Å². The molecule has 4 rings (SSSR count). The first-order valence-electron chi connectivity index (χ1n) is 9.22. The maximum atomic E-state index is 12.8. The van der Waals surface area contributed by atoms with Crippen molar-refractivity contribution in [1.29, 1.82) is 0 Å². The number of esters is 1. The van der Waals surface area contributed by atoms with Crippen LogP contribution in [-0.4, -0.2) is 17.8 Å². The van der Waals surface area contributed by atoms with Gasteiger partial charge in [-0.15, -0.1) is 0 Å². The van der Waals surface area contributed by atoms with Crippen LogP contribution in [0.15, 0.2) is 83.5 Å². The Kier molecular flexibility index (Phi) is 6.50. The van der Waals surface area contributed by atoms with Gasteiger partial charge in [-0.25, -0.2) is 9.69 Å². The molecule has 0 saturated heterocycles. The fourth-order valence-electron chi connectivity index (χ4n) is 2.94. The smallest absolute Gasteiger partial charge is 0.343 e. The summed E-state index contributed by atoms with van der Waals surface area (Å²) >= 11 is 14.1. The van der Waals surface area contributed by atoms with E-state index in [4.69, 9.17) is 27.9 Å². The second-order valence-corrected chi connectivity index (χ2v) is 8.72. The van der Waals surface area contributed by atoms with Gasteiger partial charge in [-0.05, 0) is 95.4 Å². The highest BCUT2D eigenvalue weighted by Gasteiger charge is 2.38. The molecule has 0 radical (unpaired) electrons. The highest BCUT2D eigenvalue weighted by molar-refractivity contribution is 14.1. The Morgan fingerprint density at radius 1 is 0.844 bits per heavy atom. The number of imide groups is 1. The molecule has 0 atom stereocenters. The van der Waals surface area contributed by atoms with E-state index in [1.54, 1.807) is 60.7 Å². The third-order valence-corrected chi connectivity index (χ3v) is 5.85. The number of carbonyl (C=O) groups excluding carboxylic acids is 3. The van der Waals surface area contributed by atoms with E-state index in [-0.39, 0.29) is 10.7 Å². The maximum Gasteiger partial charge on any atom is 0.343 e. The molecule has 0 fully saturated rings. The molecule has 0 saturated carbocycles. The number of nitrogens with zero attached hydrogens (tertiary/aromatic N) is 1. The van der Waals surface area contributed by atoms with Crippen LogP contribution in [0.1, 0.15) is 10.4 Å². The van der Waals surface area contributed by atoms with Gasteiger partial charge in [0.05, 0.1) is 11.3 Å². The van der Waals surface area contributed by atoms with Gasteiger partial charge in [0.2, 0.25) is 0 Å². The minimum absolute atomic E-state index is 0.0355. The summed E-state index contributed by atoms with van der Waals surface area (Å²) in [4.78, 5) is 38.7. The summed E-state index contributed by atoms with van der Waals surface area (Å²) in [5.41, 5.74) is 1.18. The standard InChI is InChI=1S/C23H13Cl2IN2O4/c24-14-3-11-18(12-4-14)32-23(31)13-1-7-16(8-2-13)27-20-19(25)21(29)28(22(20)30)17-9-5-15(26)6-10-17/h1-12,27H. The van der Waals surface area contributed by atoms with Crippen LogP contribution < -0.4 is 15.0 Å². The first-order chi connectivity index (χ1) is 15.3. The van der Waals surface area contributed by atoms with Crippen LogP contribution in [0.25, 0.3) is 0 Å². The lowest BCUT2D eigenvalue weighted by Gasteiger charge is -2.15. The molecule has 0 aromatic heterocycles. The van der Waals surface area contributed by atoms with Gasteiger partial charge in [0, 0.05) is 14.3 Å². The molecule has 32 heavy (non-hydrogen) atoms. The zero-order valence-electron chi connectivity index (χ0n) is 16.1. The minimum atomic E-state index is -0.608. The Morgan fingerprint density at radius 3 is 2.09 bits per heavy atom. The average Bonchev–Trinajstić information content (AvgIpc) is 3.00. The van der Waals surface area contributed by atoms with Crippen LogP contribution in [0, 0.1) is 3.57 Å². The lowest BCUT2D eigenvalue weighted by Crippen LogP contribution is -2.32. The van der Waals surface area contributed by atoms with Crippen LogP contribution in [0.5, 0.6) is 5.75 Å². The molecule has 1 aliphatic heterocycles. The third kappa shape index (κ3) is 4.64. The van der Waals surface area contributed by atoms with E-state index in [0.717, 1.165) is 8.47 Å². The summed E-state index contributed by atoms with van der Waals surface area (Å²) in [5.74, 6) is -1.35. The Labute approximate surface area is 206 Å². The number of ether oxygens (including phenoxy) is 1. The monoisotopic (exact) mass is 578 g/mol. The topological polar surface area (TPSA) is 75.7 Å². The molecular weight excluding hydrogens is 566 g/mol. The summed E-state index contributed by atoms with van der Waals surface area (Å²) in [6.07, 6.45) is 0. The second kappa shape index (κ2) is 9.32. The first kappa shape index (κ1) is 22.3. The van der Waals surface area contributed by atoms with Gasteiger partial charge in [0.1, 0.15) is 16.5 Å². The SMILES string of the molecule is O=C(Oc1ccc(Cl)cc1)c1ccc(NC2=C(Cl)C(=O)N(c3ccc(I)cc3)C2=O)cc1. The molecule has 0 spiro atoms. The fraction of sp³-hybridized carbons (Fsp3) is 0. The number of halogens is 3. The van der Waals surface area contributed by atoms with Crippen LogP contribution in [0.2, 0.25) is 5.02 Å². The number of benzene rings is 3. The number of amides is 2. The van der Waals surface area contributed by atoms with E-state index in [1.807, 2.05) is 0 Å². The predicted octanol–water partition coefficient (Wildman–Crippen LogP) is 5.60. The van der Waals surface area contributed by atoms with Gasteiger partial charge in [0.25, 0.3) is 11.8 Å². The molecule has 0 bridgehead atoms. The number of hydrogen-bond donors (Lipinski definition) is 1. The molecule has 1 heterocycles. The average molecular weight is 579 g/mol. The van der Waals surface area contributed by atoms with Gasteiger partial charge in [-0.1, -0.05) is 23.2 Å². The van der Waals surface area contributed by atoms with Crippen LogP contribution >= 0.6 is 45.8 Å². The quantitative estimate of drug-likeness (QED) is 0.185. The summed E-state index contributed by atoms with van der Waals surface area (Å²) in [5, 5.41) is 3.20. The van der Waals surface area contributed by atoms with Crippen molar-refractivity contribution in [3.63, 3.8) is 0 Å². The van der Waals surface area contributed by atoms with Crippen molar-refractivity contribution in [3.8, 4) is 5.75 Å². The summed E-state index contributed by atoms with van der Waals surface area (Å²) in [6, 6.07) is 19.6. The van der Waals surface area contributed by atoms with E-state index in [2.05, 4.69) is 27.9 Å². The van der Waals surface area contributed by atoms with Gasteiger partial charge in [-0.3, -0.25) is 9.59 Å². The summed E-state index contributed by atoms with van der Waals surface area (Å²) in [6.45, 7) is 0. The van der Waals surface area contributed by atoms with Gasteiger partial charge >= 0.3 is 5.97 Å². The number of nitrogens with one attached hydrogen (secondary N) is 1. The zero-order valence-corrected chi connectivity index (χ0v) is 19.8. The molecule has 3 aromatic carbocycles. The van der Waals surface area contributed by atoms with Crippen LogP contribution in [0.4, 0.5) is 11.4 Å². The van der Waals surface area contributed by atoms with Crippen molar-refractivity contribution in [3.05, 3.63) is 97.7 Å². The van der Waals surface area contributed by atoms with Crippen molar-refractivity contribution in [2.24, 2.45) is 0 Å². The molecule has 0 unspecified atom stereocenters. The van der Waals surface area contributed by atoms with E-state index in [0.29, 0.717) is 27.7 Å². The number of carbonyl (C=O) groups is 3. The molecule has 1 aliphatic rings. The highest BCUT2D eigenvalue weighted by Crippen LogP contribution is 2.30. The Morgan fingerprint density at radius 2 is 1.47 bits per heavy atom. The van der Waals surface area contributed by atoms with Gasteiger partial charge in [0.15, 0.2) is 0 Å². The Bertz CT molecular complexity index is 1240. The van der Waals surface area contributed by atoms with E-state index < -0.39 is 17.8 Å². The van der Waals surface area contributed by atoms with Crippen LogP contribution in [0.3, 0.4) is 0 Å². The second-order valence-electron chi connectivity index (χ2n) is 6.66. The summed E-state index contributed by atoms with van der Waals surface area (Å²) < 4.78 is 6.26. The Hall–Kier alpha value is -2.88. The molecule has 1 N–H and O–H groups in total. The van der Waals surface area contributed by atoms with Crippen molar-refractivity contribution in [2.45, 2.75) is 0 Å². The number of hydrogen-bond acceptors (Lipinski definition) is 5. The molecule has 2 amide bonds. The number of rotatable bonds is 5. The largest absolute Gasteiger partial charge is 0.423 e. The minimum Gasteiger partial charge on any atom is -0.423 e. The zero-order chi connectivity index (χ0) is 22.8. The number of anilines is 2. The van der Waals surface area contributed by atoms with E-state index >= 15 is 0 Å². The fourth-order valence-corrected chi connectivity index (χ4v) is 3.64. The van der Waals surface area contributed by atoms with Gasteiger partial charge < -0.3 is 10.1 Å². The van der Waals surface area contributed by atoms with E-state index in [9.17, 15) is 14.4 Å². The molecule has 6 nitrogen and oxygen atoms in total. The van der Waals surface area contributed by atoms with Crippen molar-refractivity contribution in [2.75, 3.05) is 10.2 Å². The van der Waals surface area contributed by atoms with Crippen molar-refractivity contribution < 1.29 is 19.1 Å². The highest BCUT2D eigenvalue weighted by atomic mass is 127. The molecule has 0 aliphatic carbocycles. The lowest BCUT2D eigenvalue weighted by atomic mass is 10.2. The molecule has 3 aromatic rings. The normalized spacial score (nSPS) is 13.5.